The number of hydrogen-bond donors (Lipinski definition) is 4. The summed E-state index contributed by atoms with van der Waals surface area (Å²) < 4.78 is 5.04. The number of ether oxygens (including phenoxy) is 1. The van der Waals surface area contributed by atoms with Gasteiger partial charge in [-0.2, -0.15) is 0 Å². The molecule has 0 bridgehead atoms. The van der Waals surface area contributed by atoms with Crippen molar-refractivity contribution in [3.8, 4) is 0 Å². The maximum absolute atomic E-state index is 12.7. The summed E-state index contributed by atoms with van der Waals surface area (Å²) in [6.07, 6.45) is 1.75. The van der Waals surface area contributed by atoms with E-state index in [0.717, 1.165) is 12.0 Å². The number of amides is 2. The minimum Gasteiger partial charge on any atom is -0.426 e. The monoisotopic (exact) mass is 432 g/mol. The minimum absolute atomic E-state index is 0.0730. The van der Waals surface area contributed by atoms with Gasteiger partial charge in [-0.25, -0.2) is 0 Å². The van der Waals surface area contributed by atoms with Crippen LogP contribution in [0.25, 0.3) is 0 Å². The average molecular weight is 433 g/mol. The summed E-state index contributed by atoms with van der Waals surface area (Å²) in [5, 5.41) is 24.9. The van der Waals surface area contributed by atoms with Crippen LogP contribution in [0.3, 0.4) is 0 Å². The van der Waals surface area contributed by atoms with E-state index < -0.39 is 30.9 Å². The van der Waals surface area contributed by atoms with Crippen molar-refractivity contribution in [1.82, 2.24) is 10.6 Å². The lowest BCUT2D eigenvalue weighted by Gasteiger charge is -2.23. The minimum atomic E-state index is -1.73. The van der Waals surface area contributed by atoms with E-state index in [1.165, 1.54) is 13.2 Å². The molecule has 0 heterocycles. The molecule has 0 aliphatic heterocycles. The molecular formula is C21H26BClN2O5. The molecule has 30 heavy (non-hydrogen) atoms. The summed E-state index contributed by atoms with van der Waals surface area (Å²) >= 11 is 5.91. The molecule has 0 aliphatic rings. The second-order valence-electron chi connectivity index (χ2n) is 6.90. The Hall–Kier alpha value is -2.39. The van der Waals surface area contributed by atoms with Crippen LogP contribution in [0, 0.1) is 0 Å². The average Bonchev–Trinajstić information content (AvgIpc) is 2.73. The maximum Gasteiger partial charge on any atom is 0.475 e. The van der Waals surface area contributed by atoms with Crippen molar-refractivity contribution in [3.05, 3.63) is 70.7 Å². The first kappa shape index (κ1) is 23.9. The quantitative estimate of drug-likeness (QED) is 0.403. The predicted octanol–water partition coefficient (Wildman–Crippen LogP) is 1.60. The van der Waals surface area contributed by atoms with Crippen LogP contribution in [-0.2, 0) is 16.0 Å². The zero-order valence-corrected chi connectivity index (χ0v) is 17.5. The van der Waals surface area contributed by atoms with Crippen molar-refractivity contribution in [2.45, 2.75) is 31.2 Å². The highest BCUT2D eigenvalue weighted by Gasteiger charge is 2.29. The van der Waals surface area contributed by atoms with Gasteiger partial charge in [-0.15, -0.1) is 0 Å². The van der Waals surface area contributed by atoms with Gasteiger partial charge in [0.1, 0.15) is 6.04 Å². The Bertz CT molecular complexity index is 822. The molecule has 2 atom stereocenters. The molecule has 9 heteroatoms. The fraction of sp³-hybridized carbons (Fsp3) is 0.333. The van der Waals surface area contributed by atoms with Crippen LogP contribution in [0.1, 0.15) is 28.8 Å². The maximum atomic E-state index is 12.7. The van der Waals surface area contributed by atoms with Crippen LogP contribution in [-0.4, -0.2) is 54.7 Å². The van der Waals surface area contributed by atoms with Gasteiger partial charge in [0, 0.05) is 17.7 Å². The standard InChI is InChI=1S/C21H26BClN2O5/c1-30-14-18(24-20(26)16-10-6-11-17(23)13-16)21(27)25-19(22(28)29)12-5-9-15-7-3-2-4-8-15/h2-4,6-8,10-11,13,18-19,28-29H,5,9,12,14H2,1H3,(H,24,26)(H,25,27). The van der Waals surface area contributed by atoms with E-state index in [2.05, 4.69) is 10.6 Å². The summed E-state index contributed by atoms with van der Waals surface area (Å²) in [5.74, 6) is -1.92. The molecule has 0 spiro atoms. The van der Waals surface area contributed by atoms with Crippen LogP contribution in [0.4, 0.5) is 0 Å². The third-order valence-corrected chi connectivity index (χ3v) is 4.79. The highest BCUT2D eigenvalue weighted by atomic mass is 35.5. The summed E-state index contributed by atoms with van der Waals surface area (Å²) in [4.78, 5) is 25.1. The van der Waals surface area contributed by atoms with E-state index in [1.807, 2.05) is 30.3 Å². The Morgan fingerprint density at radius 3 is 2.47 bits per heavy atom. The molecule has 0 fully saturated rings. The highest BCUT2D eigenvalue weighted by Crippen LogP contribution is 2.11. The van der Waals surface area contributed by atoms with Gasteiger partial charge in [-0.3, -0.25) is 9.59 Å². The number of halogens is 1. The topological polar surface area (TPSA) is 108 Å². The molecule has 0 aliphatic carbocycles. The van der Waals surface area contributed by atoms with Gasteiger partial charge in [0.25, 0.3) is 5.91 Å². The first-order valence-electron chi connectivity index (χ1n) is 9.66. The Morgan fingerprint density at radius 1 is 1.10 bits per heavy atom. The van der Waals surface area contributed by atoms with Crippen molar-refractivity contribution in [2.24, 2.45) is 0 Å². The molecule has 2 unspecified atom stereocenters. The molecule has 0 saturated heterocycles. The zero-order chi connectivity index (χ0) is 21.9. The second-order valence-corrected chi connectivity index (χ2v) is 7.33. The Morgan fingerprint density at radius 2 is 1.83 bits per heavy atom. The molecule has 0 radical (unpaired) electrons. The van der Waals surface area contributed by atoms with E-state index >= 15 is 0 Å². The summed E-state index contributed by atoms with van der Waals surface area (Å²) in [5.41, 5.74) is 1.43. The number of hydrogen-bond acceptors (Lipinski definition) is 5. The van der Waals surface area contributed by atoms with Crippen molar-refractivity contribution < 1.29 is 24.4 Å². The number of aryl methyl sites for hydroxylation is 1. The van der Waals surface area contributed by atoms with Gasteiger partial charge in [-0.05, 0) is 43.0 Å². The molecule has 2 amide bonds. The SMILES string of the molecule is COCC(NC(=O)c1cccc(Cl)c1)C(=O)NC(CCCc1ccccc1)B(O)O. The van der Waals surface area contributed by atoms with Crippen molar-refractivity contribution in [1.29, 1.82) is 0 Å². The normalized spacial score (nSPS) is 12.7. The third-order valence-electron chi connectivity index (χ3n) is 4.55. The number of benzene rings is 2. The lowest BCUT2D eigenvalue weighted by molar-refractivity contribution is -0.124. The number of carbonyl (C=O) groups is 2. The number of rotatable bonds is 11. The molecule has 2 aromatic rings. The highest BCUT2D eigenvalue weighted by molar-refractivity contribution is 6.43. The lowest BCUT2D eigenvalue weighted by atomic mass is 9.76. The number of carbonyl (C=O) groups excluding carboxylic acids is 2. The van der Waals surface area contributed by atoms with E-state index in [1.54, 1.807) is 18.2 Å². The molecule has 2 aromatic carbocycles. The Kier molecular flexibility index (Phi) is 9.83. The predicted molar refractivity (Wildman–Crippen MR) is 116 cm³/mol. The number of nitrogens with one attached hydrogen (secondary N) is 2. The van der Waals surface area contributed by atoms with Gasteiger partial charge in [0.2, 0.25) is 5.91 Å². The van der Waals surface area contributed by atoms with Crippen LogP contribution in [0.15, 0.2) is 54.6 Å². The van der Waals surface area contributed by atoms with E-state index in [4.69, 9.17) is 16.3 Å². The summed E-state index contributed by atoms with van der Waals surface area (Å²) in [6, 6.07) is 15.1. The van der Waals surface area contributed by atoms with Crippen molar-refractivity contribution >= 4 is 30.5 Å². The van der Waals surface area contributed by atoms with Crippen LogP contribution < -0.4 is 10.6 Å². The van der Waals surface area contributed by atoms with Gasteiger partial charge in [0.05, 0.1) is 12.5 Å². The molecular weight excluding hydrogens is 407 g/mol. The van der Waals surface area contributed by atoms with Crippen LogP contribution in [0.2, 0.25) is 5.02 Å². The third kappa shape index (κ3) is 7.80. The van der Waals surface area contributed by atoms with Gasteiger partial charge < -0.3 is 25.4 Å². The first-order chi connectivity index (χ1) is 14.4. The summed E-state index contributed by atoms with van der Waals surface area (Å²) in [7, 11) is -0.319. The fourth-order valence-electron chi connectivity index (χ4n) is 2.97. The molecule has 0 aromatic heterocycles. The van der Waals surface area contributed by atoms with Crippen LogP contribution in [0.5, 0.6) is 0 Å². The fourth-order valence-corrected chi connectivity index (χ4v) is 3.16. The molecule has 0 saturated carbocycles. The van der Waals surface area contributed by atoms with Crippen molar-refractivity contribution in [3.63, 3.8) is 0 Å². The van der Waals surface area contributed by atoms with Gasteiger partial charge in [-0.1, -0.05) is 48.0 Å². The van der Waals surface area contributed by atoms with Gasteiger partial charge in [0.15, 0.2) is 0 Å². The smallest absolute Gasteiger partial charge is 0.426 e. The van der Waals surface area contributed by atoms with E-state index in [9.17, 15) is 19.6 Å². The van der Waals surface area contributed by atoms with Crippen molar-refractivity contribution in [2.75, 3.05) is 13.7 Å². The second kappa shape index (κ2) is 12.3. The Balaban J connectivity index is 1.95. The summed E-state index contributed by atoms with van der Waals surface area (Å²) in [6.45, 7) is -0.0730. The van der Waals surface area contributed by atoms with E-state index in [0.29, 0.717) is 23.4 Å². The van der Waals surface area contributed by atoms with Gasteiger partial charge >= 0.3 is 7.12 Å². The van der Waals surface area contributed by atoms with Crippen LogP contribution >= 0.6 is 11.6 Å². The largest absolute Gasteiger partial charge is 0.475 e. The molecule has 2 rings (SSSR count). The lowest BCUT2D eigenvalue weighted by Crippen LogP contribution is -2.55. The number of methoxy groups -OCH3 is 1. The zero-order valence-electron chi connectivity index (χ0n) is 16.8. The molecule has 160 valence electrons. The van der Waals surface area contributed by atoms with E-state index in [-0.39, 0.29) is 6.61 Å². The molecule has 7 nitrogen and oxygen atoms in total. The Labute approximate surface area is 181 Å². The molecule has 4 N–H and O–H groups in total. The first-order valence-corrected chi connectivity index (χ1v) is 10.0.